The summed E-state index contributed by atoms with van der Waals surface area (Å²) in [6, 6.07) is -0.526. The number of aromatic nitrogens is 2. The van der Waals surface area contributed by atoms with Gasteiger partial charge in [0.25, 0.3) is 11.5 Å². The van der Waals surface area contributed by atoms with E-state index in [4.69, 9.17) is 33.3 Å². The fourth-order valence-corrected chi connectivity index (χ4v) is 6.00. The van der Waals surface area contributed by atoms with E-state index < -0.39 is 77.9 Å². The maximum Gasteiger partial charge on any atom is 0.330 e. The smallest absolute Gasteiger partial charge is 0.330 e. The zero-order valence-corrected chi connectivity index (χ0v) is 27.3. The molecule has 1 aromatic heterocycles. The number of carbonyl (C=O) groups excluding carboxylic acids is 2. The molecule has 252 valence electrons. The molecule has 0 bridgehead atoms. The highest BCUT2D eigenvalue weighted by atomic mass is 16.7. The van der Waals surface area contributed by atoms with E-state index in [1.165, 1.54) is 25.0 Å². The Labute approximate surface area is 262 Å². The Bertz CT molecular complexity index is 1360. The molecule has 2 fully saturated rings. The van der Waals surface area contributed by atoms with Crippen LogP contribution in [0.3, 0.4) is 0 Å². The lowest BCUT2D eigenvalue weighted by Crippen LogP contribution is -2.52. The summed E-state index contributed by atoms with van der Waals surface area (Å²) in [5, 5.41) is 3.99. The first-order valence-electron chi connectivity index (χ1n) is 15.1. The molecule has 4 heterocycles. The second-order valence-electron chi connectivity index (χ2n) is 12.1. The van der Waals surface area contributed by atoms with Crippen molar-refractivity contribution in [2.75, 3.05) is 34.5 Å². The highest BCUT2D eigenvalue weighted by Gasteiger charge is 2.53. The van der Waals surface area contributed by atoms with Crippen LogP contribution >= 0.6 is 0 Å². The van der Waals surface area contributed by atoms with Crippen molar-refractivity contribution in [1.29, 1.82) is 0 Å². The summed E-state index contributed by atoms with van der Waals surface area (Å²) in [5.74, 6) is -1.68. The number of hydrogen-bond donors (Lipinski definition) is 2. The van der Waals surface area contributed by atoms with Gasteiger partial charge in [-0.3, -0.25) is 34.1 Å². The molecule has 15 nitrogen and oxygen atoms in total. The Kier molecular flexibility index (Phi) is 11.5. The van der Waals surface area contributed by atoms with Gasteiger partial charge < -0.3 is 28.4 Å². The summed E-state index contributed by atoms with van der Waals surface area (Å²) < 4.78 is 37.8. The number of methoxy groups -OCH3 is 2. The molecule has 0 radical (unpaired) electrons. The van der Waals surface area contributed by atoms with E-state index in [9.17, 15) is 19.2 Å². The minimum atomic E-state index is -0.902. The number of aromatic amines is 1. The Morgan fingerprint density at radius 2 is 1.62 bits per heavy atom. The van der Waals surface area contributed by atoms with Crippen LogP contribution in [-0.2, 0) is 42.8 Å². The normalized spacial score (nSPS) is 32.2. The van der Waals surface area contributed by atoms with Gasteiger partial charge in [-0.15, -0.1) is 0 Å². The van der Waals surface area contributed by atoms with Crippen LogP contribution in [0.25, 0.3) is 0 Å². The van der Waals surface area contributed by atoms with Gasteiger partial charge in [-0.2, -0.15) is 5.06 Å². The summed E-state index contributed by atoms with van der Waals surface area (Å²) in [6.07, 6.45) is -2.08. The molecular weight excluding hydrogens is 592 g/mol. The van der Waals surface area contributed by atoms with Crippen molar-refractivity contribution in [2.24, 2.45) is 5.92 Å². The molecule has 9 atom stereocenters. The average molecular weight is 639 g/mol. The number of nitrogens with one attached hydrogen (secondary N) is 2. The van der Waals surface area contributed by atoms with Crippen molar-refractivity contribution in [3.8, 4) is 0 Å². The molecule has 45 heavy (non-hydrogen) atoms. The van der Waals surface area contributed by atoms with Gasteiger partial charge in [0.15, 0.2) is 6.23 Å². The first-order chi connectivity index (χ1) is 21.3. The van der Waals surface area contributed by atoms with Crippen LogP contribution < -0.4 is 16.6 Å². The molecule has 3 unspecified atom stereocenters. The zero-order valence-electron chi connectivity index (χ0n) is 27.3. The monoisotopic (exact) mass is 638 g/mol. The number of rotatable bonds is 13. The quantitative estimate of drug-likeness (QED) is 0.223. The first kappa shape index (κ1) is 35.1. The van der Waals surface area contributed by atoms with Crippen molar-refractivity contribution in [2.45, 2.75) is 103 Å². The number of nitrogens with zero attached hydrogens (tertiary/aromatic N) is 2. The summed E-state index contributed by atoms with van der Waals surface area (Å²) in [6.45, 7) is 11.0. The number of imide groups is 1. The van der Waals surface area contributed by atoms with Crippen LogP contribution in [0.1, 0.15) is 46.4 Å². The standard InChI is InChI=1S/C30H46N4O11/c1-14(2)41-12-19-21(24(39-8)22(44-19)18-10-16(5)26(35)31-28(18)37)33(7)42-13-20-23(43-15(3)4)25(40-9)29(45-20)34-11-17(6)27(36)32-30(34)38/h10-11,14-15,18-25,29H,12-13H2,1-9H3,(H,31,35,37)(H,32,36,38)/t18?,19-,20-,21+,22-,23+,24?,25?,29-/m1/s1. The molecule has 1 aromatic rings. The lowest BCUT2D eigenvalue weighted by Gasteiger charge is -2.33. The molecule has 15 heteroatoms. The van der Waals surface area contributed by atoms with Gasteiger partial charge in [0.1, 0.15) is 36.6 Å². The van der Waals surface area contributed by atoms with E-state index in [1.807, 2.05) is 27.7 Å². The number of likely N-dealkylation sites (N-methyl/N-ethyl adjacent to an activating group) is 1. The van der Waals surface area contributed by atoms with Crippen molar-refractivity contribution in [1.82, 2.24) is 19.9 Å². The minimum absolute atomic E-state index is 0.00583. The van der Waals surface area contributed by atoms with Gasteiger partial charge in [-0.1, -0.05) is 6.08 Å². The van der Waals surface area contributed by atoms with E-state index in [1.54, 1.807) is 32.0 Å². The van der Waals surface area contributed by atoms with E-state index >= 15 is 0 Å². The first-order valence-corrected chi connectivity index (χ1v) is 15.1. The number of ether oxygens (including phenoxy) is 6. The SMILES string of the molecule is COC1[C@@H](C2C=C(C)C(=O)NC2=O)O[C@H](COC(C)C)[C@@H]1N(C)OC[C@H]1O[C@@H](n2cc(C)c(=O)[nH]c2=O)C(OC)[C@H]1OC(C)C. The van der Waals surface area contributed by atoms with Crippen LogP contribution in [0, 0.1) is 12.8 Å². The molecule has 4 rings (SSSR count). The molecular formula is C30H46N4O11. The van der Waals surface area contributed by atoms with Crippen LogP contribution in [0.2, 0.25) is 0 Å². The molecule has 0 aromatic carbocycles. The fraction of sp³-hybridized carbons (Fsp3) is 0.733. The Balaban J connectivity index is 1.58. The molecule has 3 aliphatic rings. The largest absolute Gasteiger partial charge is 0.377 e. The Morgan fingerprint density at radius 1 is 0.933 bits per heavy atom. The summed E-state index contributed by atoms with van der Waals surface area (Å²) in [4.78, 5) is 58.3. The van der Waals surface area contributed by atoms with Gasteiger partial charge in [-0.25, -0.2) is 4.79 Å². The molecule has 3 aliphatic heterocycles. The van der Waals surface area contributed by atoms with Crippen molar-refractivity contribution >= 4 is 11.8 Å². The van der Waals surface area contributed by atoms with Crippen molar-refractivity contribution in [3.05, 3.63) is 44.2 Å². The van der Waals surface area contributed by atoms with Crippen molar-refractivity contribution < 1.29 is 42.8 Å². The fourth-order valence-electron chi connectivity index (χ4n) is 6.00. The topological polar surface area (TPSA) is 169 Å². The third-order valence-electron chi connectivity index (χ3n) is 8.19. The third-order valence-corrected chi connectivity index (χ3v) is 8.19. The molecule has 0 saturated carbocycles. The average Bonchev–Trinajstić information content (AvgIpc) is 3.51. The van der Waals surface area contributed by atoms with E-state index in [-0.39, 0.29) is 25.4 Å². The maximum absolute atomic E-state index is 12.9. The molecule has 0 spiro atoms. The van der Waals surface area contributed by atoms with E-state index in [0.717, 1.165) is 0 Å². The predicted molar refractivity (Wildman–Crippen MR) is 159 cm³/mol. The number of carbonyl (C=O) groups is 2. The summed E-state index contributed by atoms with van der Waals surface area (Å²) in [5.41, 5.74) is -0.369. The highest BCUT2D eigenvalue weighted by Crippen LogP contribution is 2.36. The number of H-pyrrole nitrogens is 1. The van der Waals surface area contributed by atoms with E-state index in [2.05, 4.69) is 10.3 Å². The Hall–Kier alpha value is -2.76. The third kappa shape index (κ3) is 7.63. The highest BCUT2D eigenvalue weighted by molar-refractivity contribution is 6.08. The van der Waals surface area contributed by atoms with Gasteiger partial charge in [0, 0.05) is 38.6 Å². The number of hydroxylamine groups is 2. The van der Waals surface area contributed by atoms with Gasteiger partial charge in [-0.05, 0) is 41.5 Å². The van der Waals surface area contributed by atoms with Gasteiger partial charge in [0.2, 0.25) is 5.91 Å². The summed E-state index contributed by atoms with van der Waals surface area (Å²) >= 11 is 0. The van der Waals surface area contributed by atoms with Crippen LogP contribution in [-0.4, -0.2) is 116 Å². The molecule has 0 aliphatic carbocycles. The van der Waals surface area contributed by atoms with Crippen LogP contribution in [0.5, 0.6) is 0 Å². The number of hydrogen-bond acceptors (Lipinski definition) is 12. The zero-order chi connectivity index (χ0) is 33.2. The van der Waals surface area contributed by atoms with Gasteiger partial charge >= 0.3 is 5.69 Å². The number of aryl methyl sites for hydroxylation is 1. The lowest BCUT2D eigenvalue weighted by molar-refractivity contribution is -0.223. The van der Waals surface area contributed by atoms with Crippen molar-refractivity contribution in [3.63, 3.8) is 0 Å². The minimum Gasteiger partial charge on any atom is -0.377 e. The second kappa shape index (κ2) is 14.8. The van der Waals surface area contributed by atoms with Crippen LogP contribution in [0.4, 0.5) is 0 Å². The Morgan fingerprint density at radius 3 is 2.24 bits per heavy atom. The lowest BCUT2D eigenvalue weighted by atomic mass is 9.90. The number of amides is 2. The second-order valence-corrected chi connectivity index (χ2v) is 12.1. The summed E-state index contributed by atoms with van der Waals surface area (Å²) in [7, 11) is 4.76. The van der Waals surface area contributed by atoms with Crippen LogP contribution in [0.15, 0.2) is 27.4 Å². The van der Waals surface area contributed by atoms with Gasteiger partial charge in [0.05, 0.1) is 37.4 Å². The predicted octanol–water partition coefficient (Wildman–Crippen LogP) is 0.209. The molecule has 2 amide bonds. The maximum atomic E-state index is 12.9. The van der Waals surface area contributed by atoms with E-state index in [0.29, 0.717) is 11.1 Å². The molecule has 2 N–H and O–H groups in total. The molecule has 2 saturated heterocycles.